The summed E-state index contributed by atoms with van der Waals surface area (Å²) in [6, 6.07) is 10.4. The number of esters is 1. The number of ether oxygens (including phenoxy) is 1. The lowest BCUT2D eigenvalue weighted by Gasteiger charge is -2.39. The van der Waals surface area contributed by atoms with E-state index in [9.17, 15) is 9.59 Å². The predicted molar refractivity (Wildman–Crippen MR) is 108 cm³/mol. The van der Waals surface area contributed by atoms with Crippen molar-refractivity contribution in [3.63, 3.8) is 0 Å². The normalized spacial score (nSPS) is 22.1. The van der Waals surface area contributed by atoms with Gasteiger partial charge >= 0.3 is 5.97 Å². The number of piperazine rings is 1. The fraction of sp³-hybridized carbons (Fsp3) is 0.350. The summed E-state index contributed by atoms with van der Waals surface area (Å²) in [5, 5.41) is 3.47. The quantitative estimate of drug-likeness (QED) is 0.608. The van der Waals surface area contributed by atoms with Crippen LogP contribution in [-0.4, -0.2) is 56.0 Å². The SMILES string of the molecule is COC(=O)[C@@H]1C(=O)NC(N2CCN(c3ccc(Cl)cc3)CC2)=N[C@H]1c1ccco1. The third-order valence-corrected chi connectivity index (χ3v) is 5.41. The standard InChI is InChI=1S/C20H21ClN4O4/c1-28-19(27)16-17(15-3-2-12-29-15)22-20(23-18(16)26)25-10-8-24(9-11-25)14-6-4-13(21)5-7-14/h2-7,12,16-17H,8-11H2,1H3,(H,22,23,26)/t16-,17-/m0/s1. The van der Waals surface area contributed by atoms with Gasteiger partial charge in [-0.15, -0.1) is 0 Å². The maximum Gasteiger partial charge on any atom is 0.320 e. The van der Waals surface area contributed by atoms with Crippen LogP contribution in [0.25, 0.3) is 0 Å². The number of benzene rings is 1. The number of carbonyl (C=O) groups is 2. The molecule has 0 unspecified atom stereocenters. The molecule has 1 saturated heterocycles. The number of halogens is 1. The zero-order valence-corrected chi connectivity index (χ0v) is 16.6. The molecule has 3 heterocycles. The highest BCUT2D eigenvalue weighted by atomic mass is 35.5. The first-order chi connectivity index (χ1) is 14.1. The van der Waals surface area contributed by atoms with Crippen molar-refractivity contribution in [2.24, 2.45) is 10.9 Å². The number of anilines is 1. The Bertz CT molecular complexity index is 905. The molecule has 0 saturated carbocycles. The van der Waals surface area contributed by atoms with Crippen LogP contribution >= 0.6 is 11.6 Å². The van der Waals surface area contributed by atoms with Crippen molar-refractivity contribution in [1.29, 1.82) is 0 Å². The molecular weight excluding hydrogens is 396 g/mol. The fourth-order valence-corrected chi connectivity index (χ4v) is 3.74. The van der Waals surface area contributed by atoms with Crippen LogP contribution in [-0.2, 0) is 14.3 Å². The molecule has 1 aromatic heterocycles. The summed E-state index contributed by atoms with van der Waals surface area (Å²) in [4.78, 5) is 33.7. The molecular formula is C20H21ClN4O4. The van der Waals surface area contributed by atoms with Gasteiger partial charge in [0.15, 0.2) is 5.92 Å². The average Bonchev–Trinajstić information content (AvgIpc) is 3.28. The number of guanidine groups is 1. The molecule has 1 aromatic carbocycles. The molecule has 0 bridgehead atoms. The lowest BCUT2D eigenvalue weighted by atomic mass is 9.95. The van der Waals surface area contributed by atoms with Crippen molar-refractivity contribution in [3.8, 4) is 0 Å². The second kappa shape index (κ2) is 8.16. The molecule has 152 valence electrons. The van der Waals surface area contributed by atoms with Gasteiger partial charge in [-0.05, 0) is 36.4 Å². The number of hydrogen-bond donors (Lipinski definition) is 1. The van der Waals surface area contributed by atoms with E-state index in [4.69, 9.17) is 20.8 Å². The fourth-order valence-electron chi connectivity index (χ4n) is 3.61. The van der Waals surface area contributed by atoms with Crippen molar-refractivity contribution in [2.75, 3.05) is 38.2 Å². The molecule has 2 aliphatic heterocycles. The molecule has 1 amide bonds. The Kier molecular flexibility index (Phi) is 5.44. The Balaban J connectivity index is 1.52. The summed E-state index contributed by atoms with van der Waals surface area (Å²) in [6.45, 7) is 2.88. The molecule has 4 rings (SSSR count). The Hall–Kier alpha value is -3.00. The minimum Gasteiger partial charge on any atom is -0.468 e. The van der Waals surface area contributed by atoms with Gasteiger partial charge in [0.2, 0.25) is 11.9 Å². The van der Waals surface area contributed by atoms with Crippen LogP contribution < -0.4 is 10.2 Å². The van der Waals surface area contributed by atoms with Crippen LogP contribution in [0.1, 0.15) is 11.8 Å². The average molecular weight is 417 g/mol. The van der Waals surface area contributed by atoms with E-state index in [-0.39, 0.29) is 0 Å². The summed E-state index contributed by atoms with van der Waals surface area (Å²) in [7, 11) is 1.25. The van der Waals surface area contributed by atoms with Gasteiger partial charge in [0.25, 0.3) is 0 Å². The first-order valence-corrected chi connectivity index (χ1v) is 9.70. The van der Waals surface area contributed by atoms with E-state index < -0.39 is 23.8 Å². The maximum absolute atomic E-state index is 12.7. The van der Waals surface area contributed by atoms with E-state index in [2.05, 4.69) is 15.2 Å². The van der Waals surface area contributed by atoms with E-state index in [0.29, 0.717) is 29.8 Å². The topological polar surface area (TPSA) is 87.4 Å². The number of nitrogens with one attached hydrogen (secondary N) is 1. The first-order valence-electron chi connectivity index (χ1n) is 9.32. The van der Waals surface area contributed by atoms with Crippen LogP contribution in [0, 0.1) is 5.92 Å². The highest BCUT2D eigenvalue weighted by Gasteiger charge is 2.43. The van der Waals surface area contributed by atoms with Crippen LogP contribution in [0.3, 0.4) is 0 Å². The minimum absolute atomic E-state index is 0.441. The van der Waals surface area contributed by atoms with Gasteiger partial charge in [0.1, 0.15) is 11.8 Å². The number of furan rings is 1. The van der Waals surface area contributed by atoms with Crippen LogP contribution in [0.4, 0.5) is 5.69 Å². The van der Waals surface area contributed by atoms with E-state index in [0.717, 1.165) is 18.8 Å². The lowest BCUT2D eigenvalue weighted by molar-refractivity contribution is -0.151. The maximum atomic E-state index is 12.7. The van der Waals surface area contributed by atoms with E-state index in [1.807, 2.05) is 29.2 Å². The summed E-state index contributed by atoms with van der Waals surface area (Å²) in [6.07, 6.45) is 1.50. The van der Waals surface area contributed by atoms with Crippen molar-refractivity contribution in [1.82, 2.24) is 10.2 Å². The molecule has 2 atom stereocenters. The second-order valence-electron chi connectivity index (χ2n) is 6.85. The molecule has 0 spiro atoms. The van der Waals surface area contributed by atoms with Gasteiger partial charge in [0, 0.05) is 36.9 Å². The summed E-state index contributed by atoms with van der Waals surface area (Å²) < 4.78 is 10.2. The van der Waals surface area contributed by atoms with Gasteiger partial charge in [-0.1, -0.05) is 11.6 Å². The third kappa shape index (κ3) is 3.93. The van der Waals surface area contributed by atoms with Crippen LogP contribution in [0.15, 0.2) is 52.1 Å². The minimum atomic E-state index is -1.08. The van der Waals surface area contributed by atoms with E-state index in [1.165, 1.54) is 13.4 Å². The Morgan fingerprint density at radius 2 is 1.86 bits per heavy atom. The third-order valence-electron chi connectivity index (χ3n) is 5.16. The molecule has 1 N–H and O–H groups in total. The molecule has 9 heteroatoms. The Labute approximate surface area is 173 Å². The second-order valence-corrected chi connectivity index (χ2v) is 7.29. The van der Waals surface area contributed by atoms with Gasteiger partial charge in [-0.3, -0.25) is 14.9 Å². The van der Waals surface area contributed by atoms with Gasteiger partial charge < -0.3 is 19.0 Å². The number of rotatable bonds is 3. The number of hydrogen-bond acceptors (Lipinski definition) is 7. The first kappa shape index (κ1) is 19.3. The zero-order chi connectivity index (χ0) is 20.4. The molecule has 1 fully saturated rings. The van der Waals surface area contributed by atoms with Crippen molar-refractivity contribution < 1.29 is 18.7 Å². The molecule has 0 aliphatic carbocycles. The van der Waals surface area contributed by atoms with E-state index in [1.54, 1.807) is 12.1 Å². The van der Waals surface area contributed by atoms with Crippen LogP contribution in [0.5, 0.6) is 0 Å². The highest BCUT2D eigenvalue weighted by molar-refractivity contribution is 6.30. The van der Waals surface area contributed by atoms with Crippen LogP contribution in [0.2, 0.25) is 5.02 Å². The van der Waals surface area contributed by atoms with Gasteiger partial charge in [-0.2, -0.15) is 0 Å². The number of carbonyl (C=O) groups excluding carboxylic acids is 2. The highest BCUT2D eigenvalue weighted by Crippen LogP contribution is 2.31. The largest absolute Gasteiger partial charge is 0.468 e. The number of amides is 1. The van der Waals surface area contributed by atoms with Gasteiger partial charge in [-0.25, -0.2) is 4.99 Å². The monoisotopic (exact) mass is 416 g/mol. The van der Waals surface area contributed by atoms with E-state index >= 15 is 0 Å². The number of aliphatic imine (C=N–C) groups is 1. The zero-order valence-electron chi connectivity index (χ0n) is 15.9. The molecule has 2 aliphatic rings. The predicted octanol–water partition coefficient (Wildman–Crippen LogP) is 2.07. The molecule has 29 heavy (non-hydrogen) atoms. The Morgan fingerprint density at radius 1 is 1.17 bits per heavy atom. The number of methoxy groups -OCH3 is 1. The summed E-state index contributed by atoms with van der Waals surface area (Å²) in [5.41, 5.74) is 1.10. The molecule has 8 nitrogen and oxygen atoms in total. The Morgan fingerprint density at radius 3 is 2.48 bits per heavy atom. The molecule has 0 radical (unpaired) electrons. The van der Waals surface area contributed by atoms with Gasteiger partial charge in [0.05, 0.1) is 13.4 Å². The summed E-state index contributed by atoms with van der Waals surface area (Å²) in [5.74, 6) is -1.26. The number of nitrogens with zero attached hydrogens (tertiary/aromatic N) is 3. The molecule has 2 aromatic rings. The smallest absolute Gasteiger partial charge is 0.320 e. The lowest BCUT2D eigenvalue weighted by Crippen LogP contribution is -2.57. The van der Waals surface area contributed by atoms with Crippen molar-refractivity contribution in [3.05, 3.63) is 53.4 Å². The summed E-state index contributed by atoms with van der Waals surface area (Å²) >= 11 is 5.97. The van der Waals surface area contributed by atoms with Crippen molar-refractivity contribution in [2.45, 2.75) is 6.04 Å². The van der Waals surface area contributed by atoms with Crippen molar-refractivity contribution >= 4 is 35.1 Å².